The number of hydrogen-bond donors (Lipinski definition) is 1. The topological polar surface area (TPSA) is 79.2 Å². The Bertz CT molecular complexity index is 768. The van der Waals surface area contributed by atoms with Crippen molar-refractivity contribution in [1.29, 1.82) is 5.26 Å². The number of nitrogens with one attached hydrogen (secondary N) is 1. The maximum atomic E-state index is 12.0. The van der Waals surface area contributed by atoms with E-state index in [1.54, 1.807) is 36.4 Å². The van der Waals surface area contributed by atoms with Crippen molar-refractivity contribution < 1.29 is 14.3 Å². The molecule has 116 valence electrons. The summed E-state index contributed by atoms with van der Waals surface area (Å²) in [4.78, 5) is 22.8. The molecule has 23 heavy (non-hydrogen) atoms. The number of rotatable bonds is 5. The van der Waals surface area contributed by atoms with Gasteiger partial charge in [-0.25, -0.2) is 0 Å². The smallest absolute Gasteiger partial charge is 0.262 e. The van der Waals surface area contributed by atoms with Gasteiger partial charge in [0.05, 0.1) is 11.6 Å². The van der Waals surface area contributed by atoms with Crippen LogP contribution in [0.5, 0.6) is 5.75 Å². The molecule has 5 nitrogen and oxygen atoms in total. The molecule has 0 aromatic heterocycles. The normalized spacial score (nSPS) is 9.78. The van der Waals surface area contributed by atoms with Gasteiger partial charge in [0.25, 0.3) is 5.91 Å². The Hall–Kier alpha value is -3.13. The quantitative estimate of drug-likeness (QED) is 0.861. The molecule has 0 heterocycles. The molecule has 0 unspecified atom stereocenters. The zero-order valence-electron chi connectivity index (χ0n) is 12.9. The number of aryl methyl sites for hydroxylation is 2. The van der Waals surface area contributed by atoms with Crippen LogP contribution in [-0.2, 0) is 4.79 Å². The number of carbonyl (C=O) groups excluding carboxylic acids is 2. The highest BCUT2D eigenvalue weighted by Crippen LogP contribution is 2.24. The molecule has 0 fully saturated rings. The van der Waals surface area contributed by atoms with Crippen molar-refractivity contribution in [3.63, 3.8) is 0 Å². The van der Waals surface area contributed by atoms with Crippen molar-refractivity contribution in [3.05, 3.63) is 58.7 Å². The number of nitrogens with zero attached hydrogens (tertiary/aromatic N) is 1. The molecule has 0 spiro atoms. The van der Waals surface area contributed by atoms with Gasteiger partial charge in [0.15, 0.2) is 6.61 Å². The Morgan fingerprint density at radius 1 is 1.26 bits per heavy atom. The van der Waals surface area contributed by atoms with E-state index < -0.39 is 0 Å². The van der Waals surface area contributed by atoms with Crippen molar-refractivity contribution in [1.82, 2.24) is 0 Å². The van der Waals surface area contributed by atoms with Crippen LogP contribution in [0.15, 0.2) is 36.4 Å². The summed E-state index contributed by atoms with van der Waals surface area (Å²) >= 11 is 0. The van der Waals surface area contributed by atoms with Gasteiger partial charge in [0.1, 0.15) is 12.0 Å². The van der Waals surface area contributed by atoms with E-state index in [0.717, 1.165) is 17.4 Å². The molecular weight excluding hydrogens is 292 g/mol. The fourth-order valence-corrected chi connectivity index (χ4v) is 2.28. The van der Waals surface area contributed by atoms with E-state index in [1.165, 1.54) is 0 Å². The fourth-order valence-electron chi connectivity index (χ4n) is 2.28. The molecule has 0 radical (unpaired) electrons. The lowest BCUT2D eigenvalue weighted by molar-refractivity contribution is -0.118. The number of benzene rings is 2. The number of carbonyl (C=O) groups is 2. The summed E-state index contributed by atoms with van der Waals surface area (Å²) in [6.45, 7) is 3.49. The molecule has 5 heteroatoms. The third kappa shape index (κ3) is 4.17. The van der Waals surface area contributed by atoms with Crippen molar-refractivity contribution in [3.8, 4) is 11.8 Å². The lowest BCUT2D eigenvalue weighted by Crippen LogP contribution is -2.20. The molecule has 2 rings (SSSR count). The Morgan fingerprint density at radius 3 is 2.57 bits per heavy atom. The summed E-state index contributed by atoms with van der Waals surface area (Å²) in [5.41, 5.74) is 3.19. The van der Waals surface area contributed by atoms with E-state index in [4.69, 9.17) is 10.00 Å². The van der Waals surface area contributed by atoms with Gasteiger partial charge in [-0.2, -0.15) is 5.26 Å². The van der Waals surface area contributed by atoms with E-state index in [9.17, 15) is 9.59 Å². The van der Waals surface area contributed by atoms with Gasteiger partial charge in [-0.3, -0.25) is 9.59 Å². The highest BCUT2D eigenvalue weighted by Gasteiger charge is 2.09. The Labute approximate surface area is 134 Å². The van der Waals surface area contributed by atoms with Crippen LogP contribution in [0, 0.1) is 25.2 Å². The Morgan fingerprint density at radius 2 is 1.96 bits per heavy atom. The minimum absolute atomic E-state index is 0.154. The zero-order valence-corrected chi connectivity index (χ0v) is 12.9. The molecule has 1 amide bonds. The average Bonchev–Trinajstić information content (AvgIpc) is 2.54. The molecule has 1 N–H and O–H groups in total. The monoisotopic (exact) mass is 308 g/mol. The molecule has 0 saturated carbocycles. The predicted molar refractivity (Wildman–Crippen MR) is 86.6 cm³/mol. The molecule has 0 saturated heterocycles. The second-order valence-electron chi connectivity index (χ2n) is 5.13. The van der Waals surface area contributed by atoms with Crippen LogP contribution >= 0.6 is 0 Å². The molecular formula is C18H16N2O3. The van der Waals surface area contributed by atoms with Crippen LogP contribution in [0.2, 0.25) is 0 Å². The minimum atomic E-state index is -0.321. The zero-order chi connectivity index (χ0) is 16.8. The van der Waals surface area contributed by atoms with Gasteiger partial charge in [0, 0.05) is 11.3 Å². The van der Waals surface area contributed by atoms with E-state index in [0.29, 0.717) is 22.6 Å². The average molecular weight is 308 g/mol. The first-order valence-corrected chi connectivity index (χ1v) is 7.02. The SMILES string of the molecule is Cc1cc(C=O)cc(C)c1OCC(=O)Nc1cccc(C#N)c1. The maximum Gasteiger partial charge on any atom is 0.262 e. The van der Waals surface area contributed by atoms with Crippen LogP contribution in [0.25, 0.3) is 0 Å². The maximum absolute atomic E-state index is 12.0. The van der Waals surface area contributed by atoms with E-state index in [1.807, 2.05) is 19.9 Å². The summed E-state index contributed by atoms with van der Waals surface area (Å²) in [6, 6.07) is 12.1. The predicted octanol–water partition coefficient (Wildman–Crippen LogP) is 3.01. The minimum Gasteiger partial charge on any atom is -0.483 e. The molecule has 0 atom stereocenters. The molecule has 0 aliphatic carbocycles. The van der Waals surface area contributed by atoms with E-state index in [-0.39, 0.29) is 12.5 Å². The van der Waals surface area contributed by atoms with Crippen LogP contribution in [-0.4, -0.2) is 18.8 Å². The van der Waals surface area contributed by atoms with E-state index in [2.05, 4.69) is 5.32 Å². The highest BCUT2D eigenvalue weighted by molar-refractivity contribution is 5.92. The van der Waals surface area contributed by atoms with Crippen LogP contribution < -0.4 is 10.1 Å². The number of nitriles is 1. The second kappa shape index (κ2) is 7.23. The van der Waals surface area contributed by atoms with Gasteiger partial charge >= 0.3 is 0 Å². The van der Waals surface area contributed by atoms with Crippen molar-refractivity contribution in [2.45, 2.75) is 13.8 Å². The van der Waals surface area contributed by atoms with Crippen LogP contribution in [0.3, 0.4) is 0 Å². The number of ether oxygens (including phenoxy) is 1. The van der Waals surface area contributed by atoms with Gasteiger partial charge in [-0.15, -0.1) is 0 Å². The lowest BCUT2D eigenvalue weighted by atomic mass is 10.1. The Balaban J connectivity index is 2.02. The fraction of sp³-hybridized carbons (Fsp3) is 0.167. The number of amides is 1. The van der Waals surface area contributed by atoms with Crippen LogP contribution in [0.4, 0.5) is 5.69 Å². The molecule has 0 aliphatic rings. The lowest BCUT2D eigenvalue weighted by Gasteiger charge is -2.13. The van der Waals surface area contributed by atoms with Crippen molar-refractivity contribution in [2.75, 3.05) is 11.9 Å². The first kappa shape index (κ1) is 16.2. The van der Waals surface area contributed by atoms with Gasteiger partial charge in [-0.05, 0) is 55.3 Å². The summed E-state index contributed by atoms with van der Waals surface area (Å²) in [5.74, 6) is 0.273. The molecule has 0 bridgehead atoms. The summed E-state index contributed by atoms with van der Waals surface area (Å²) < 4.78 is 5.56. The molecule has 0 aliphatic heterocycles. The largest absolute Gasteiger partial charge is 0.483 e. The second-order valence-corrected chi connectivity index (χ2v) is 5.13. The first-order chi connectivity index (χ1) is 11.0. The van der Waals surface area contributed by atoms with Gasteiger partial charge in [0.2, 0.25) is 0 Å². The van der Waals surface area contributed by atoms with Crippen molar-refractivity contribution in [2.24, 2.45) is 0 Å². The summed E-state index contributed by atoms with van der Waals surface area (Å²) in [6.07, 6.45) is 0.776. The number of hydrogen-bond acceptors (Lipinski definition) is 4. The van der Waals surface area contributed by atoms with E-state index >= 15 is 0 Å². The molecule has 2 aromatic carbocycles. The summed E-state index contributed by atoms with van der Waals surface area (Å²) in [7, 11) is 0. The third-order valence-corrected chi connectivity index (χ3v) is 3.24. The first-order valence-electron chi connectivity index (χ1n) is 7.02. The van der Waals surface area contributed by atoms with Gasteiger partial charge < -0.3 is 10.1 Å². The number of anilines is 1. The number of aldehydes is 1. The Kier molecular flexibility index (Phi) is 5.11. The third-order valence-electron chi connectivity index (χ3n) is 3.24. The van der Waals surface area contributed by atoms with Crippen LogP contribution in [0.1, 0.15) is 27.0 Å². The summed E-state index contributed by atoms with van der Waals surface area (Å²) in [5, 5.41) is 11.5. The van der Waals surface area contributed by atoms with Crippen molar-refractivity contribution >= 4 is 17.9 Å². The standard InChI is InChI=1S/C18H16N2O3/c1-12-6-15(10-21)7-13(2)18(12)23-11-17(22)20-16-5-3-4-14(8-16)9-19/h3-8,10H,11H2,1-2H3,(H,20,22). The van der Waals surface area contributed by atoms with Gasteiger partial charge in [-0.1, -0.05) is 6.07 Å². The molecule has 2 aromatic rings. The highest BCUT2D eigenvalue weighted by atomic mass is 16.5.